The molecule has 1 amide bonds. The van der Waals surface area contributed by atoms with Crippen LogP contribution in [0.2, 0.25) is 5.02 Å². The van der Waals surface area contributed by atoms with Crippen LogP contribution in [0, 0.1) is 12.7 Å². The summed E-state index contributed by atoms with van der Waals surface area (Å²) < 4.78 is 44.3. The third kappa shape index (κ3) is 4.44. The molecule has 12 heteroatoms. The number of carbonyl (C=O) groups excluding carboxylic acids is 1. The van der Waals surface area contributed by atoms with Gasteiger partial charge < -0.3 is 5.32 Å². The number of nitrogens with zero attached hydrogens (tertiary/aromatic N) is 3. The number of hydrogen-bond donors (Lipinski definition) is 2. The van der Waals surface area contributed by atoms with Gasteiger partial charge in [-0.2, -0.15) is 22.5 Å². The van der Waals surface area contributed by atoms with Crippen molar-refractivity contribution >= 4 is 44.7 Å². The first-order valence-corrected chi connectivity index (χ1v) is 12.3. The van der Waals surface area contributed by atoms with Crippen LogP contribution in [0.5, 0.6) is 0 Å². The van der Waals surface area contributed by atoms with Gasteiger partial charge in [0.25, 0.3) is 10.2 Å². The van der Waals surface area contributed by atoms with E-state index in [1.165, 1.54) is 30.5 Å². The number of amides is 1. The van der Waals surface area contributed by atoms with Crippen molar-refractivity contribution in [3.8, 4) is 11.1 Å². The number of carbonyl (C=O) groups is 1. The van der Waals surface area contributed by atoms with Crippen LogP contribution >= 0.6 is 22.9 Å². The summed E-state index contributed by atoms with van der Waals surface area (Å²) >= 11 is 7.26. The second-order valence-electron chi connectivity index (χ2n) is 7.58. The van der Waals surface area contributed by atoms with Gasteiger partial charge in [0.05, 0.1) is 17.3 Å². The number of aryl methyl sites for hydroxylation is 2. The average molecular weight is 498 g/mol. The summed E-state index contributed by atoms with van der Waals surface area (Å²) in [5.74, 6) is -1.13. The van der Waals surface area contributed by atoms with E-state index in [0.29, 0.717) is 0 Å². The summed E-state index contributed by atoms with van der Waals surface area (Å²) in [6, 6.07) is 4.19. The van der Waals surface area contributed by atoms with Gasteiger partial charge in [-0.3, -0.25) is 9.48 Å². The minimum Gasteiger partial charge on any atom is -0.325 e. The molecular weight excluding hydrogens is 477 g/mol. The van der Waals surface area contributed by atoms with Gasteiger partial charge in [0.2, 0.25) is 5.91 Å². The van der Waals surface area contributed by atoms with E-state index in [2.05, 4.69) is 15.1 Å². The molecule has 1 saturated heterocycles. The van der Waals surface area contributed by atoms with Crippen LogP contribution in [0.4, 0.5) is 10.1 Å². The Kier molecular flexibility index (Phi) is 6.12. The lowest BCUT2D eigenvalue weighted by Gasteiger charge is -2.35. The predicted octanol–water partition coefficient (Wildman–Crippen LogP) is 3.47. The second kappa shape index (κ2) is 8.56. The number of thiophene rings is 1. The highest BCUT2D eigenvalue weighted by molar-refractivity contribution is 7.87. The molecule has 0 unspecified atom stereocenters. The van der Waals surface area contributed by atoms with Crippen LogP contribution < -0.4 is 10.0 Å². The van der Waals surface area contributed by atoms with Crippen LogP contribution in [0.25, 0.3) is 11.1 Å². The number of benzene rings is 1. The smallest absolute Gasteiger partial charge is 0.280 e. The molecule has 2 N–H and O–H groups in total. The molecule has 0 saturated carbocycles. The molecule has 4 rings (SSSR count). The maximum Gasteiger partial charge on any atom is 0.280 e. The first-order chi connectivity index (χ1) is 15.0. The van der Waals surface area contributed by atoms with Crippen LogP contribution in [0.3, 0.4) is 0 Å². The van der Waals surface area contributed by atoms with Crippen LogP contribution in [0.1, 0.15) is 22.2 Å². The van der Waals surface area contributed by atoms with Crippen molar-refractivity contribution in [2.45, 2.75) is 25.4 Å². The molecule has 1 fully saturated rings. The third-order valence-corrected chi connectivity index (χ3v) is 8.40. The fourth-order valence-corrected chi connectivity index (χ4v) is 6.26. The van der Waals surface area contributed by atoms with Gasteiger partial charge in [0.15, 0.2) is 0 Å². The summed E-state index contributed by atoms with van der Waals surface area (Å²) in [5.41, 5.74) is 2.19. The fourth-order valence-electron chi connectivity index (χ4n) is 3.62. The molecular formula is C20H21ClFN5O3S2. The van der Waals surface area contributed by atoms with Gasteiger partial charge in [0, 0.05) is 41.3 Å². The molecule has 32 heavy (non-hydrogen) atoms. The number of anilines is 1. The Balaban J connectivity index is 1.60. The van der Waals surface area contributed by atoms with Crippen LogP contribution in [-0.4, -0.2) is 41.5 Å². The highest BCUT2D eigenvalue weighted by Crippen LogP contribution is 2.38. The first kappa shape index (κ1) is 22.9. The predicted molar refractivity (Wildman–Crippen MR) is 122 cm³/mol. The Labute approximate surface area is 194 Å². The molecule has 3 heterocycles. The molecule has 0 aliphatic carbocycles. The molecule has 170 valence electrons. The third-order valence-electron chi connectivity index (χ3n) is 5.35. The van der Waals surface area contributed by atoms with E-state index in [4.69, 9.17) is 11.6 Å². The Bertz CT molecular complexity index is 1290. The Morgan fingerprint density at radius 3 is 2.75 bits per heavy atom. The lowest BCUT2D eigenvalue weighted by atomic mass is 10.0. The molecule has 1 aliphatic heterocycles. The van der Waals surface area contributed by atoms with Gasteiger partial charge in [-0.1, -0.05) is 11.6 Å². The van der Waals surface area contributed by atoms with E-state index in [-0.39, 0.29) is 17.1 Å². The van der Waals surface area contributed by atoms with Crippen molar-refractivity contribution in [3.05, 3.63) is 57.3 Å². The quantitative estimate of drug-likeness (QED) is 0.577. The van der Waals surface area contributed by atoms with Gasteiger partial charge in [-0.25, -0.2) is 4.39 Å². The largest absolute Gasteiger partial charge is 0.325 e. The van der Waals surface area contributed by atoms with Crippen molar-refractivity contribution in [1.29, 1.82) is 0 Å². The number of hydrogen-bond acceptors (Lipinski definition) is 5. The summed E-state index contributed by atoms with van der Waals surface area (Å²) in [7, 11) is -0.721. The van der Waals surface area contributed by atoms with Gasteiger partial charge in [-0.05, 0) is 43.2 Å². The van der Waals surface area contributed by atoms with Crippen molar-refractivity contribution in [1.82, 2.24) is 18.8 Å². The maximum atomic E-state index is 13.4. The zero-order chi connectivity index (χ0) is 23.2. The number of nitrogens with one attached hydrogen (secondary N) is 2. The number of rotatable bonds is 4. The molecule has 3 aromatic rings. The van der Waals surface area contributed by atoms with Crippen LogP contribution in [0.15, 0.2) is 36.7 Å². The van der Waals surface area contributed by atoms with E-state index in [1.807, 2.05) is 26.2 Å². The van der Waals surface area contributed by atoms with E-state index in [1.54, 1.807) is 10.9 Å². The zero-order valence-electron chi connectivity index (χ0n) is 17.5. The highest BCUT2D eigenvalue weighted by atomic mass is 35.5. The summed E-state index contributed by atoms with van der Waals surface area (Å²) in [5, 5.41) is 6.69. The minimum atomic E-state index is -3.90. The topological polar surface area (TPSA) is 96.3 Å². The van der Waals surface area contributed by atoms with E-state index in [9.17, 15) is 17.6 Å². The molecule has 1 aliphatic rings. The summed E-state index contributed by atoms with van der Waals surface area (Å²) in [4.78, 5) is 14.8. The fraction of sp³-hybridized carbons (Fsp3) is 0.300. The average Bonchev–Trinajstić information content (AvgIpc) is 3.32. The van der Waals surface area contributed by atoms with Gasteiger partial charge in [-0.15, -0.1) is 11.3 Å². The Hall–Kier alpha value is -2.31. The van der Waals surface area contributed by atoms with Gasteiger partial charge in [0.1, 0.15) is 11.9 Å². The Morgan fingerprint density at radius 1 is 1.34 bits per heavy atom. The van der Waals surface area contributed by atoms with Gasteiger partial charge >= 0.3 is 0 Å². The molecule has 0 bridgehead atoms. The molecule has 1 aromatic carbocycles. The van der Waals surface area contributed by atoms with E-state index < -0.39 is 34.0 Å². The number of likely N-dealkylation sites (N-methyl/N-ethyl adjacent to an activating group) is 1. The monoisotopic (exact) mass is 497 g/mol. The summed E-state index contributed by atoms with van der Waals surface area (Å²) in [6.07, 6.45) is 3.87. The maximum absolute atomic E-state index is 13.4. The minimum absolute atomic E-state index is 0.135. The van der Waals surface area contributed by atoms with Crippen LogP contribution in [-0.2, 0) is 22.1 Å². The molecule has 0 spiro atoms. The number of halogens is 2. The molecule has 2 aromatic heterocycles. The standard InChI is InChI=1S/C20H21ClFN5O3S2/c1-11-14(12-9-23-26(2)10-12)7-19(31-11)17-8-18(27(3)32(29,30)25-17)20(28)24-13-4-5-16(22)15(21)6-13/h4-7,9-10,17-18,25H,8H2,1-3H3,(H,24,28)/t17-,18+/m1/s1. The van der Waals surface area contributed by atoms with Crippen molar-refractivity contribution in [2.24, 2.45) is 7.05 Å². The Morgan fingerprint density at radius 2 is 2.09 bits per heavy atom. The first-order valence-electron chi connectivity index (χ1n) is 9.65. The molecule has 2 atom stereocenters. The molecule has 8 nitrogen and oxygen atoms in total. The summed E-state index contributed by atoms with van der Waals surface area (Å²) in [6.45, 7) is 1.96. The SMILES string of the molecule is Cc1sc([C@H]2C[C@@H](C(=O)Nc3ccc(F)c(Cl)c3)N(C)S(=O)(=O)N2)cc1-c1cnn(C)c1. The van der Waals surface area contributed by atoms with E-state index in [0.717, 1.165) is 31.3 Å². The zero-order valence-corrected chi connectivity index (χ0v) is 19.9. The molecule has 0 radical (unpaired) electrons. The van der Waals surface area contributed by atoms with Crippen molar-refractivity contribution in [2.75, 3.05) is 12.4 Å². The van der Waals surface area contributed by atoms with Crippen molar-refractivity contribution in [3.63, 3.8) is 0 Å². The van der Waals surface area contributed by atoms with Crippen molar-refractivity contribution < 1.29 is 17.6 Å². The normalized spacial score (nSPS) is 20.9. The second-order valence-corrected chi connectivity index (χ2v) is 11.0. The highest BCUT2D eigenvalue weighted by Gasteiger charge is 2.41. The van der Waals surface area contributed by atoms with E-state index >= 15 is 0 Å². The number of aromatic nitrogens is 2. The lowest BCUT2D eigenvalue weighted by molar-refractivity contribution is -0.120. The lowest BCUT2D eigenvalue weighted by Crippen LogP contribution is -2.55.